The molecule has 0 aromatic heterocycles. The Balaban J connectivity index is 1.44. The molecule has 7 rings (SSSR count). The number of nitrogens with zero attached hydrogens (tertiary/aromatic N) is 4. The fraction of sp³-hybridized carbons (Fsp3) is 0.211. The summed E-state index contributed by atoms with van der Waals surface area (Å²) in [5, 5.41) is 21.5. The Hall–Kier alpha value is -5.90. The smallest absolute Gasteiger partial charge is 0.172 e. The highest BCUT2D eigenvalue weighted by atomic mass is 19.4. The van der Waals surface area contributed by atoms with Gasteiger partial charge < -0.3 is 0 Å². The molecule has 0 heterocycles. The molecule has 0 bridgehead atoms. The van der Waals surface area contributed by atoms with Crippen molar-refractivity contribution in [1.82, 2.24) is 0 Å². The molecule has 0 amide bonds. The van der Waals surface area contributed by atoms with Crippen LogP contribution in [-0.4, -0.2) is 12.4 Å². The van der Waals surface area contributed by atoms with E-state index >= 15 is 0 Å². The second kappa shape index (κ2) is 12.3. The molecule has 0 aliphatic heterocycles. The van der Waals surface area contributed by atoms with Crippen LogP contribution in [0.1, 0.15) is 35.1 Å². The van der Waals surface area contributed by atoms with Gasteiger partial charge in [-0.1, -0.05) is 18.2 Å². The van der Waals surface area contributed by atoms with Gasteiger partial charge in [0.2, 0.25) is 12.4 Å². The molecule has 4 nitrogen and oxygen atoms in total. The Morgan fingerprint density at radius 3 is 1.76 bits per heavy atom. The number of benzene rings is 3. The van der Waals surface area contributed by atoms with E-state index in [4.69, 9.17) is 0 Å². The van der Waals surface area contributed by atoms with E-state index in [9.17, 15) is 63.2 Å². The van der Waals surface area contributed by atoms with Gasteiger partial charge in [0.25, 0.3) is 0 Å². The summed E-state index contributed by atoms with van der Waals surface area (Å²) in [6.07, 6.45) is -15.1. The molecule has 0 N–H and O–H groups in total. The number of fused-ring (bicyclic) bond motifs is 6. The van der Waals surface area contributed by atoms with E-state index in [1.165, 1.54) is 30.3 Å². The van der Waals surface area contributed by atoms with Crippen LogP contribution >= 0.6 is 0 Å². The quantitative estimate of drug-likeness (QED) is 0.133. The average Bonchev–Trinajstić information content (AvgIpc) is 3.56. The van der Waals surface area contributed by atoms with Gasteiger partial charge in [0.05, 0.1) is 27.8 Å². The van der Waals surface area contributed by atoms with E-state index < -0.39 is 59.3 Å². The summed E-state index contributed by atoms with van der Waals surface area (Å²) in [6.45, 7) is 0. The zero-order chi connectivity index (χ0) is 39.1. The molecule has 2 aliphatic carbocycles. The van der Waals surface area contributed by atoms with E-state index in [0.717, 1.165) is 6.08 Å². The van der Waals surface area contributed by atoms with Crippen LogP contribution in [-0.2, 0) is 18.8 Å². The largest absolute Gasteiger partial charge is 0.416 e. The predicted octanol–water partition coefficient (Wildman–Crippen LogP) is 10.8. The topological polar surface area (TPSA) is 72.3 Å². The first kappa shape index (κ1) is 36.5. The van der Waals surface area contributed by atoms with Crippen molar-refractivity contribution in [2.45, 2.75) is 44.0 Å². The van der Waals surface area contributed by atoms with Gasteiger partial charge in [0, 0.05) is 27.3 Å². The zero-order valence-electron chi connectivity index (χ0n) is 26.9. The molecule has 0 radical (unpaired) electrons. The summed E-state index contributed by atoms with van der Waals surface area (Å²) < 4.78 is 164. The van der Waals surface area contributed by atoms with Crippen LogP contribution in [0.25, 0.3) is 49.5 Å². The Morgan fingerprint density at radius 2 is 1.17 bits per heavy atom. The molecule has 0 saturated carbocycles. The number of hydrogen-bond acceptors (Lipinski definition) is 4. The third-order valence-corrected chi connectivity index (χ3v) is 9.65. The van der Waals surface area contributed by atoms with Gasteiger partial charge >= 0.3 is 24.7 Å². The van der Waals surface area contributed by atoms with Crippen molar-refractivity contribution >= 4 is 38.4 Å². The van der Waals surface area contributed by atoms with Gasteiger partial charge in [0.1, 0.15) is 0 Å². The summed E-state index contributed by atoms with van der Waals surface area (Å²) in [4.78, 5) is 7.83. The van der Waals surface area contributed by atoms with Crippen molar-refractivity contribution in [3.8, 4) is 23.5 Å². The molecule has 2 aliphatic rings. The fourth-order valence-electron chi connectivity index (χ4n) is 7.23. The van der Waals surface area contributed by atoms with Crippen LogP contribution in [0.15, 0.2) is 87.4 Å². The molecule has 1 atom stereocenters. The summed E-state index contributed by atoms with van der Waals surface area (Å²) in [5.74, 6) is -2.37. The molecular formula is C38H18F12N4. The Bertz CT molecular complexity index is 2680. The van der Waals surface area contributed by atoms with Crippen molar-refractivity contribution in [3.05, 3.63) is 110 Å². The number of rotatable bonds is 2. The lowest BCUT2D eigenvalue weighted by atomic mass is 9.82. The van der Waals surface area contributed by atoms with E-state index in [0.29, 0.717) is 56.3 Å². The summed E-state index contributed by atoms with van der Waals surface area (Å²) in [5.41, 5.74) is -4.01. The third kappa shape index (κ3) is 6.29. The van der Waals surface area contributed by atoms with Gasteiger partial charge in [-0.2, -0.15) is 73.2 Å². The van der Waals surface area contributed by atoms with Crippen LogP contribution < -0.4 is 10.7 Å². The van der Waals surface area contributed by atoms with Crippen molar-refractivity contribution in [1.29, 1.82) is 10.5 Å². The van der Waals surface area contributed by atoms with E-state index in [1.807, 2.05) is 0 Å². The zero-order valence-corrected chi connectivity index (χ0v) is 26.9. The summed E-state index contributed by atoms with van der Waals surface area (Å²) in [7, 11) is 0. The monoisotopic (exact) mass is 758 g/mol. The van der Waals surface area contributed by atoms with Gasteiger partial charge in [-0.25, -0.2) is 0 Å². The normalized spacial score (nSPS) is 17.7. The first-order valence-electron chi connectivity index (χ1n) is 15.8. The molecule has 0 spiro atoms. The SMILES string of the molecule is N#CN=c1c2c(c3cc4c(cc13)c(=NC#N)c1cc(-c3cc(C(F)(F)F)cc(C(F)(F)F)c3)ccc14)CCC(C1=CC(C(F)(F)F)CC(C(F)(F)F)=C1)=C2. The molecule has 5 aromatic carbocycles. The molecule has 274 valence electrons. The number of allylic oxidation sites excluding steroid dienone is 5. The maximum atomic E-state index is 13.7. The molecular weight excluding hydrogens is 740 g/mol. The average molecular weight is 759 g/mol. The van der Waals surface area contributed by atoms with Crippen molar-refractivity contribution in [2.75, 3.05) is 0 Å². The highest BCUT2D eigenvalue weighted by Crippen LogP contribution is 2.45. The minimum absolute atomic E-state index is 0.00533. The Kier molecular flexibility index (Phi) is 8.32. The maximum Gasteiger partial charge on any atom is 0.416 e. The van der Waals surface area contributed by atoms with E-state index in [-0.39, 0.29) is 51.7 Å². The van der Waals surface area contributed by atoms with Crippen LogP contribution in [0.3, 0.4) is 0 Å². The fourth-order valence-corrected chi connectivity index (χ4v) is 7.23. The molecule has 54 heavy (non-hydrogen) atoms. The van der Waals surface area contributed by atoms with Gasteiger partial charge in [0.15, 0.2) is 0 Å². The van der Waals surface area contributed by atoms with Crippen LogP contribution in [0, 0.1) is 28.8 Å². The van der Waals surface area contributed by atoms with Crippen molar-refractivity contribution < 1.29 is 52.7 Å². The number of aryl methyl sites for hydroxylation is 1. The van der Waals surface area contributed by atoms with Crippen molar-refractivity contribution in [2.24, 2.45) is 15.9 Å². The van der Waals surface area contributed by atoms with Crippen LogP contribution in [0.4, 0.5) is 52.7 Å². The number of nitriles is 2. The minimum atomic E-state index is -5.09. The third-order valence-electron chi connectivity index (χ3n) is 9.65. The second-order valence-corrected chi connectivity index (χ2v) is 12.8. The second-order valence-electron chi connectivity index (χ2n) is 12.8. The lowest BCUT2D eigenvalue weighted by Crippen LogP contribution is -2.28. The van der Waals surface area contributed by atoms with E-state index in [1.54, 1.807) is 18.5 Å². The standard InChI is InChI=1S/C38H18F12N4/c39-35(40,41)21-5-19(6-22(11-21)36(42,43)44)17-1-3-25-27-13-28-26-4-2-18(20-7-23(37(45,46)47)12-24(8-20)38(48,49)50)10-30(26)34(54-16-52)32(28)14-31(27)33(53-15-51)29(25)9-17/h1,3,5-11,13-14,23H,2,4,12H2. The highest BCUT2D eigenvalue weighted by molar-refractivity contribution is 6.17. The first-order valence-corrected chi connectivity index (χ1v) is 15.8. The lowest BCUT2D eigenvalue weighted by Gasteiger charge is -2.27. The van der Waals surface area contributed by atoms with Crippen LogP contribution in [0.5, 0.6) is 0 Å². The van der Waals surface area contributed by atoms with Crippen LogP contribution in [0.2, 0.25) is 0 Å². The number of hydrogen-bond donors (Lipinski definition) is 0. The van der Waals surface area contributed by atoms with Crippen molar-refractivity contribution in [3.63, 3.8) is 0 Å². The number of halogens is 12. The summed E-state index contributed by atoms with van der Waals surface area (Å²) in [6, 6.07) is 8.44. The van der Waals surface area contributed by atoms with Gasteiger partial charge in [-0.05, 0) is 112 Å². The molecule has 16 heteroatoms. The Labute approximate surface area is 295 Å². The highest BCUT2D eigenvalue weighted by Gasteiger charge is 2.46. The molecule has 5 aromatic rings. The number of alkyl halides is 12. The molecule has 1 unspecified atom stereocenters. The lowest BCUT2D eigenvalue weighted by molar-refractivity contribution is -0.166. The first-order chi connectivity index (χ1) is 25.2. The van der Waals surface area contributed by atoms with Gasteiger partial charge in [-0.3, -0.25) is 0 Å². The predicted molar refractivity (Wildman–Crippen MR) is 172 cm³/mol. The molecule has 0 fully saturated rings. The Morgan fingerprint density at radius 1 is 0.574 bits per heavy atom. The minimum Gasteiger partial charge on any atom is -0.172 e. The maximum absolute atomic E-state index is 13.7. The summed E-state index contributed by atoms with van der Waals surface area (Å²) >= 11 is 0. The van der Waals surface area contributed by atoms with Gasteiger partial charge in [-0.15, -0.1) is 0 Å². The molecule has 0 saturated heterocycles. The van der Waals surface area contributed by atoms with E-state index in [2.05, 4.69) is 9.98 Å².